The zero-order chi connectivity index (χ0) is 17.3. The number of nitrogens with zero attached hydrogens (tertiary/aromatic N) is 3. The number of nitrogens with two attached hydrogens (primary N) is 1. The van der Waals surface area contributed by atoms with E-state index >= 15 is 0 Å². The van der Waals surface area contributed by atoms with Gasteiger partial charge < -0.3 is 20.4 Å². The molecule has 3 rings (SSSR count). The number of aromatic nitrogens is 1. The number of morpholine rings is 1. The minimum Gasteiger partial charge on any atom is -0.379 e. The summed E-state index contributed by atoms with van der Waals surface area (Å²) in [5.74, 6) is 0.555. The molecule has 1 saturated heterocycles. The molecule has 0 atom stereocenters. The molecule has 1 aromatic heterocycles. The number of halogens is 1. The average Bonchev–Trinajstić information content (AvgIpc) is 3.06. The van der Waals surface area contributed by atoms with E-state index in [4.69, 9.17) is 10.5 Å². The summed E-state index contributed by atoms with van der Waals surface area (Å²) in [4.78, 5) is 6.85. The van der Waals surface area contributed by atoms with E-state index in [1.807, 2.05) is 0 Å². The summed E-state index contributed by atoms with van der Waals surface area (Å²) < 4.78 is 7.63. The van der Waals surface area contributed by atoms with Gasteiger partial charge in [0, 0.05) is 44.4 Å². The van der Waals surface area contributed by atoms with Crippen molar-refractivity contribution in [3.05, 3.63) is 36.5 Å². The van der Waals surface area contributed by atoms with Crippen LogP contribution in [-0.2, 0) is 11.3 Å². The van der Waals surface area contributed by atoms with Crippen LogP contribution in [0, 0.1) is 0 Å². The molecule has 2 heterocycles. The largest absolute Gasteiger partial charge is 0.379 e. The van der Waals surface area contributed by atoms with E-state index in [0.29, 0.717) is 5.96 Å². The van der Waals surface area contributed by atoms with Crippen molar-refractivity contribution in [2.24, 2.45) is 10.7 Å². The molecular formula is C19H30IN5O. The van der Waals surface area contributed by atoms with Gasteiger partial charge >= 0.3 is 0 Å². The third kappa shape index (κ3) is 6.44. The number of aliphatic imine (C=N–C) groups is 1. The van der Waals surface area contributed by atoms with Crippen LogP contribution in [0.4, 0.5) is 0 Å². The molecule has 7 heteroatoms. The highest BCUT2D eigenvalue weighted by atomic mass is 127. The Bertz CT molecular complexity index is 681. The summed E-state index contributed by atoms with van der Waals surface area (Å²) in [5, 5.41) is 4.49. The molecule has 1 aromatic carbocycles. The van der Waals surface area contributed by atoms with Gasteiger partial charge in [-0.2, -0.15) is 0 Å². The minimum atomic E-state index is 0. The highest BCUT2D eigenvalue weighted by Crippen LogP contribution is 2.15. The van der Waals surface area contributed by atoms with Gasteiger partial charge in [-0.3, -0.25) is 9.89 Å². The molecule has 0 amide bonds. The van der Waals surface area contributed by atoms with Gasteiger partial charge in [0.05, 0.1) is 13.2 Å². The Balaban J connectivity index is 0.00000243. The number of ether oxygens (including phenoxy) is 1. The number of rotatable bonds is 8. The molecule has 26 heavy (non-hydrogen) atoms. The molecule has 2 aromatic rings. The van der Waals surface area contributed by atoms with Crippen LogP contribution >= 0.6 is 24.0 Å². The molecule has 0 unspecified atom stereocenters. The molecule has 144 valence electrons. The standard InChI is InChI=1S/C19H29N5O.HI/c20-19(21-8-3-10-23-13-15-25-16-14-23)22-9-4-11-24-12-7-17-5-1-2-6-18(17)24;/h1-2,5-7,12H,3-4,8-11,13-16H2,(H3,20,21,22);1H. The Morgan fingerprint density at radius 1 is 1.12 bits per heavy atom. The Kier molecular flexibility index (Phi) is 9.21. The average molecular weight is 471 g/mol. The van der Waals surface area contributed by atoms with E-state index < -0.39 is 0 Å². The van der Waals surface area contributed by atoms with E-state index in [-0.39, 0.29) is 24.0 Å². The normalized spacial score (nSPS) is 15.8. The molecular weight excluding hydrogens is 441 g/mol. The lowest BCUT2D eigenvalue weighted by Crippen LogP contribution is -2.39. The first-order valence-corrected chi connectivity index (χ1v) is 9.21. The fraction of sp³-hybridized carbons (Fsp3) is 0.526. The zero-order valence-electron chi connectivity index (χ0n) is 15.3. The number of benzene rings is 1. The summed E-state index contributed by atoms with van der Waals surface area (Å²) in [6.07, 6.45) is 4.20. The van der Waals surface area contributed by atoms with Crippen molar-refractivity contribution in [3.8, 4) is 0 Å². The van der Waals surface area contributed by atoms with E-state index in [2.05, 4.69) is 56.3 Å². The summed E-state index contributed by atoms with van der Waals surface area (Å²) in [6, 6.07) is 10.6. The lowest BCUT2D eigenvalue weighted by molar-refractivity contribution is 0.0376. The Hall–Kier alpha value is -1.32. The van der Waals surface area contributed by atoms with Crippen molar-refractivity contribution in [1.29, 1.82) is 0 Å². The van der Waals surface area contributed by atoms with Crippen LogP contribution in [0.5, 0.6) is 0 Å². The lowest BCUT2D eigenvalue weighted by Gasteiger charge is -2.26. The van der Waals surface area contributed by atoms with Crippen LogP contribution in [0.1, 0.15) is 12.8 Å². The third-order valence-corrected chi connectivity index (χ3v) is 4.58. The maximum absolute atomic E-state index is 5.94. The van der Waals surface area contributed by atoms with Crippen LogP contribution in [0.2, 0.25) is 0 Å². The van der Waals surface area contributed by atoms with Gasteiger partial charge in [-0.25, -0.2) is 0 Å². The molecule has 1 aliphatic rings. The highest BCUT2D eigenvalue weighted by molar-refractivity contribution is 14.0. The summed E-state index contributed by atoms with van der Waals surface area (Å²) in [5.41, 5.74) is 7.22. The van der Waals surface area contributed by atoms with Crippen molar-refractivity contribution in [2.45, 2.75) is 19.4 Å². The minimum absolute atomic E-state index is 0. The monoisotopic (exact) mass is 471 g/mol. The molecule has 0 bridgehead atoms. The molecule has 0 aliphatic carbocycles. The summed E-state index contributed by atoms with van der Waals surface area (Å²) in [6.45, 7) is 7.45. The zero-order valence-corrected chi connectivity index (χ0v) is 17.6. The van der Waals surface area contributed by atoms with Gasteiger partial charge in [0.15, 0.2) is 5.96 Å². The Morgan fingerprint density at radius 2 is 1.92 bits per heavy atom. The first kappa shape index (κ1) is 21.0. The Labute approximate surface area is 172 Å². The van der Waals surface area contributed by atoms with Crippen molar-refractivity contribution < 1.29 is 4.74 Å². The quantitative estimate of drug-likeness (QED) is 0.268. The van der Waals surface area contributed by atoms with Crippen molar-refractivity contribution in [2.75, 3.05) is 45.9 Å². The third-order valence-electron chi connectivity index (χ3n) is 4.58. The highest BCUT2D eigenvalue weighted by Gasteiger charge is 2.08. The van der Waals surface area contributed by atoms with E-state index in [1.54, 1.807) is 0 Å². The van der Waals surface area contributed by atoms with E-state index in [0.717, 1.165) is 65.3 Å². The van der Waals surface area contributed by atoms with Gasteiger partial charge in [-0.05, 0) is 36.9 Å². The summed E-state index contributed by atoms with van der Waals surface area (Å²) in [7, 11) is 0. The second-order valence-corrected chi connectivity index (χ2v) is 6.42. The smallest absolute Gasteiger partial charge is 0.188 e. The van der Waals surface area contributed by atoms with Crippen LogP contribution in [0.25, 0.3) is 10.9 Å². The molecule has 1 fully saturated rings. The second kappa shape index (κ2) is 11.4. The number of hydrogen-bond donors (Lipinski definition) is 2. The number of fused-ring (bicyclic) bond motifs is 1. The van der Waals surface area contributed by atoms with Gasteiger partial charge in [-0.15, -0.1) is 24.0 Å². The lowest BCUT2D eigenvalue weighted by atomic mass is 10.2. The Morgan fingerprint density at radius 3 is 2.77 bits per heavy atom. The first-order chi connectivity index (χ1) is 12.3. The number of guanidine groups is 1. The van der Waals surface area contributed by atoms with Crippen LogP contribution in [-0.4, -0.2) is 61.4 Å². The predicted molar refractivity (Wildman–Crippen MR) is 118 cm³/mol. The maximum atomic E-state index is 5.94. The fourth-order valence-electron chi connectivity index (χ4n) is 3.18. The molecule has 6 nitrogen and oxygen atoms in total. The summed E-state index contributed by atoms with van der Waals surface area (Å²) >= 11 is 0. The van der Waals surface area contributed by atoms with E-state index in [1.165, 1.54) is 10.9 Å². The fourth-order valence-corrected chi connectivity index (χ4v) is 3.18. The van der Waals surface area contributed by atoms with Gasteiger partial charge in [0.25, 0.3) is 0 Å². The molecule has 3 N–H and O–H groups in total. The second-order valence-electron chi connectivity index (χ2n) is 6.42. The molecule has 1 aliphatic heterocycles. The van der Waals surface area contributed by atoms with E-state index in [9.17, 15) is 0 Å². The van der Waals surface area contributed by atoms with Crippen molar-refractivity contribution in [1.82, 2.24) is 14.8 Å². The van der Waals surface area contributed by atoms with Crippen LogP contribution in [0.3, 0.4) is 0 Å². The van der Waals surface area contributed by atoms with Gasteiger partial charge in [0.2, 0.25) is 0 Å². The SMILES string of the molecule is I.NC(=NCCCn1ccc2ccccc21)NCCCN1CCOCC1. The maximum Gasteiger partial charge on any atom is 0.188 e. The number of nitrogens with one attached hydrogen (secondary N) is 1. The first-order valence-electron chi connectivity index (χ1n) is 9.21. The van der Waals surface area contributed by atoms with Crippen LogP contribution in [0.15, 0.2) is 41.5 Å². The van der Waals surface area contributed by atoms with Crippen molar-refractivity contribution in [3.63, 3.8) is 0 Å². The topological polar surface area (TPSA) is 67.8 Å². The van der Waals surface area contributed by atoms with Gasteiger partial charge in [0.1, 0.15) is 0 Å². The molecule has 0 radical (unpaired) electrons. The number of aryl methyl sites for hydroxylation is 1. The van der Waals surface area contributed by atoms with Crippen LogP contribution < -0.4 is 11.1 Å². The molecule has 0 spiro atoms. The van der Waals surface area contributed by atoms with Gasteiger partial charge in [-0.1, -0.05) is 18.2 Å². The number of hydrogen-bond acceptors (Lipinski definition) is 3. The predicted octanol–water partition coefficient (Wildman–Crippen LogP) is 2.28. The molecule has 0 saturated carbocycles. The van der Waals surface area contributed by atoms with Crippen molar-refractivity contribution >= 4 is 40.8 Å². The number of para-hydroxylation sites is 1.